The molecule has 1 heterocycles. The van der Waals surface area contributed by atoms with Gasteiger partial charge in [-0.15, -0.1) is 0 Å². The highest BCUT2D eigenvalue weighted by molar-refractivity contribution is 5.96. The molecule has 0 saturated heterocycles. The Kier molecular flexibility index (Phi) is 5.69. The van der Waals surface area contributed by atoms with Gasteiger partial charge in [0.1, 0.15) is 12.4 Å². The number of ether oxygens (including phenoxy) is 2. The molecule has 1 aliphatic rings. The minimum Gasteiger partial charge on any atom is -0.488 e. The molecular weight excluding hydrogens is 330 g/mol. The van der Waals surface area contributed by atoms with E-state index in [-0.39, 0.29) is 19.1 Å². The zero-order valence-electron chi connectivity index (χ0n) is 14.7. The molecule has 0 spiro atoms. The van der Waals surface area contributed by atoms with Gasteiger partial charge in [0, 0.05) is 12.1 Å². The topological polar surface area (TPSA) is 64.6 Å². The van der Waals surface area contributed by atoms with Crippen molar-refractivity contribution < 1.29 is 19.1 Å². The summed E-state index contributed by atoms with van der Waals surface area (Å²) >= 11 is 0. The van der Waals surface area contributed by atoms with Crippen LogP contribution in [-0.4, -0.2) is 31.6 Å². The third-order valence-corrected chi connectivity index (χ3v) is 4.21. The van der Waals surface area contributed by atoms with Crippen LogP contribution in [0.1, 0.15) is 16.7 Å². The third kappa shape index (κ3) is 4.51. The monoisotopic (exact) mass is 351 g/mol. The van der Waals surface area contributed by atoms with Crippen LogP contribution >= 0.6 is 0 Å². The summed E-state index contributed by atoms with van der Waals surface area (Å²) in [5, 5.41) is 2.77. The average molecular weight is 351 g/mol. The number of amides is 1. The van der Waals surface area contributed by atoms with Crippen molar-refractivity contribution in [3.8, 4) is 5.75 Å². The molecule has 0 unspecified atom stereocenters. The van der Waals surface area contributed by atoms with Crippen molar-refractivity contribution in [2.24, 2.45) is 0 Å². The van der Waals surface area contributed by atoms with Gasteiger partial charge >= 0.3 is 5.97 Å². The normalized spacial score (nSPS) is 12.4. The lowest BCUT2D eigenvalue weighted by Crippen LogP contribution is -2.31. The zero-order valence-corrected chi connectivity index (χ0v) is 14.7. The van der Waals surface area contributed by atoms with E-state index in [1.807, 2.05) is 55.5 Å². The first-order chi connectivity index (χ1) is 12.6. The number of hydrogen-bond acceptors (Lipinski definition) is 4. The summed E-state index contributed by atoms with van der Waals surface area (Å²) in [6.07, 6.45) is 2.47. The number of aryl methyl sites for hydroxylation is 1. The van der Waals surface area contributed by atoms with Gasteiger partial charge in [-0.2, -0.15) is 0 Å². The Balaban J connectivity index is 1.44. The van der Waals surface area contributed by atoms with Crippen LogP contribution in [0.3, 0.4) is 0 Å². The Morgan fingerprint density at radius 1 is 1.12 bits per heavy atom. The molecule has 1 aliphatic heterocycles. The molecule has 0 aromatic heterocycles. The fourth-order valence-corrected chi connectivity index (χ4v) is 2.74. The van der Waals surface area contributed by atoms with Gasteiger partial charge in [0.2, 0.25) is 0 Å². The van der Waals surface area contributed by atoms with Crippen LogP contribution in [0.15, 0.2) is 54.1 Å². The van der Waals surface area contributed by atoms with Crippen LogP contribution in [-0.2, 0) is 20.7 Å². The molecule has 0 atom stereocenters. The molecule has 134 valence electrons. The van der Waals surface area contributed by atoms with Crippen LogP contribution in [0, 0.1) is 6.92 Å². The summed E-state index contributed by atoms with van der Waals surface area (Å²) in [4.78, 5) is 24.0. The molecule has 0 radical (unpaired) electrons. The van der Waals surface area contributed by atoms with E-state index in [4.69, 9.17) is 9.47 Å². The molecule has 0 fully saturated rings. The maximum absolute atomic E-state index is 12.1. The van der Waals surface area contributed by atoms with E-state index in [1.54, 1.807) is 6.08 Å². The highest BCUT2D eigenvalue weighted by Gasteiger charge is 2.19. The number of fused-ring (bicyclic) bond motifs is 1. The second kappa shape index (κ2) is 8.34. The Bertz CT molecular complexity index is 841. The van der Waals surface area contributed by atoms with E-state index in [0.717, 1.165) is 17.7 Å². The second-order valence-corrected chi connectivity index (χ2v) is 6.10. The van der Waals surface area contributed by atoms with Crippen molar-refractivity contribution in [3.63, 3.8) is 0 Å². The largest absolute Gasteiger partial charge is 0.488 e. The van der Waals surface area contributed by atoms with Crippen LogP contribution < -0.4 is 10.1 Å². The zero-order chi connectivity index (χ0) is 18.4. The van der Waals surface area contributed by atoms with Gasteiger partial charge in [-0.05, 0) is 36.6 Å². The molecule has 2 aromatic rings. The maximum atomic E-state index is 12.1. The van der Waals surface area contributed by atoms with Crippen LogP contribution in [0.25, 0.3) is 6.08 Å². The fourth-order valence-electron chi connectivity index (χ4n) is 2.74. The molecular formula is C21H21NO4. The molecule has 0 aliphatic carbocycles. The van der Waals surface area contributed by atoms with E-state index >= 15 is 0 Å². The van der Waals surface area contributed by atoms with Crippen molar-refractivity contribution in [2.45, 2.75) is 13.3 Å². The average Bonchev–Trinajstić information content (AvgIpc) is 2.67. The number of carbonyl (C=O) groups excluding carboxylic acids is 2. The Hall–Kier alpha value is -3.08. The van der Waals surface area contributed by atoms with Crippen LogP contribution in [0.2, 0.25) is 0 Å². The Morgan fingerprint density at radius 2 is 1.88 bits per heavy atom. The highest BCUT2D eigenvalue weighted by Crippen LogP contribution is 2.25. The number of para-hydroxylation sites is 1. The standard InChI is InChI=1S/C21H21NO4/c1-15-6-2-3-7-16(15)10-11-22-20(23)14-26-21(24)18-12-17-8-4-5-9-19(17)25-13-18/h2-9,12H,10-11,13-14H2,1H3,(H,22,23). The van der Waals surface area contributed by atoms with Crippen molar-refractivity contribution in [1.29, 1.82) is 0 Å². The SMILES string of the molecule is Cc1ccccc1CCNC(=O)COC(=O)C1=Cc2ccccc2OC1. The smallest absolute Gasteiger partial charge is 0.338 e. The van der Waals surface area contributed by atoms with E-state index < -0.39 is 5.97 Å². The predicted molar refractivity (Wildman–Crippen MR) is 98.8 cm³/mol. The molecule has 26 heavy (non-hydrogen) atoms. The molecule has 5 nitrogen and oxygen atoms in total. The number of nitrogens with one attached hydrogen (secondary N) is 1. The minimum absolute atomic E-state index is 0.144. The molecule has 1 amide bonds. The predicted octanol–water partition coefficient (Wildman–Crippen LogP) is 2.67. The lowest BCUT2D eigenvalue weighted by Gasteiger charge is -2.16. The van der Waals surface area contributed by atoms with E-state index in [2.05, 4.69) is 5.32 Å². The maximum Gasteiger partial charge on any atom is 0.338 e. The quantitative estimate of drug-likeness (QED) is 0.813. The lowest BCUT2D eigenvalue weighted by molar-refractivity contribution is -0.145. The number of benzene rings is 2. The fraction of sp³-hybridized carbons (Fsp3) is 0.238. The van der Waals surface area contributed by atoms with Gasteiger partial charge in [0.15, 0.2) is 6.61 Å². The molecule has 2 aromatic carbocycles. The highest BCUT2D eigenvalue weighted by atomic mass is 16.5. The van der Waals surface area contributed by atoms with Gasteiger partial charge in [-0.1, -0.05) is 42.5 Å². The molecule has 0 bridgehead atoms. The first-order valence-corrected chi connectivity index (χ1v) is 8.54. The van der Waals surface area contributed by atoms with Gasteiger partial charge < -0.3 is 14.8 Å². The summed E-state index contributed by atoms with van der Waals surface area (Å²) in [6.45, 7) is 2.38. The number of carbonyl (C=O) groups is 2. The van der Waals surface area contributed by atoms with Gasteiger partial charge in [-0.25, -0.2) is 4.79 Å². The summed E-state index contributed by atoms with van der Waals surface area (Å²) in [6, 6.07) is 15.5. The van der Waals surface area contributed by atoms with Crippen LogP contribution in [0.4, 0.5) is 0 Å². The molecule has 0 saturated carbocycles. The summed E-state index contributed by atoms with van der Waals surface area (Å²) in [5.41, 5.74) is 3.61. The summed E-state index contributed by atoms with van der Waals surface area (Å²) in [5.74, 6) is -0.115. The van der Waals surface area contributed by atoms with E-state index in [1.165, 1.54) is 11.1 Å². The minimum atomic E-state index is -0.534. The molecule has 3 rings (SSSR count). The van der Waals surface area contributed by atoms with E-state index in [0.29, 0.717) is 12.1 Å². The molecule has 1 N–H and O–H groups in total. The van der Waals surface area contributed by atoms with Crippen molar-refractivity contribution in [2.75, 3.05) is 19.8 Å². The third-order valence-electron chi connectivity index (χ3n) is 4.21. The van der Waals surface area contributed by atoms with Crippen LogP contribution in [0.5, 0.6) is 5.75 Å². The second-order valence-electron chi connectivity index (χ2n) is 6.10. The number of rotatable bonds is 6. The molecule has 5 heteroatoms. The van der Waals surface area contributed by atoms with E-state index in [9.17, 15) is 9.59 Å². The van der Waals surface area contributed by atoms with Crippen molar-refractivity contribution >= 4 is 18.0 Å². The number of hydrogen-bond donors (Lipinski definition) is 1. The Morgan fingerprint density at radius 3 is 2.73 bits per heavy atom. The van der Waals surface area contributed by atoms with Crippen molar-refractivity contribution in [1.82, 2.24) is 5.32 Å². The van der Waals surface area contributed by atoms with Gasteiger partial charge in [0.25, 0.3) is 5.91 Å². The Labute approximate surface area is 152 Å². The summed E-state index contributed by atoms with van der Waals surface area (Å²) < 4.78 is 10.6. The van der Waals surface area contributed by atoms with Gasteiger partial charge in [0.05, 0.1) is 5.57 Å². The summed E-state index contributed by atoms with van der Waals surface area (Å²) in [7, 11) is 0. The number of esters is 1. The first kappa shape index (κ1) is 17.7. The van der Waals surface area contributed by atoms with Crippen molar-refractivity contribution in [3.05, 3.63) is 70.8 Å². The first-order valence-electron chi connectivity index (χ1n) is 8.54. The van der Waals surface area contributed by atoms with Gasteiger partial charge in [-0.3, -0.25) is 4.79 Å². The lowest BCUT2D eigenvalue weighted by atomic mass is 10.1.